The summed E-state index contributed by atoms with van der Waals surface area (Å²) in [6.07, 6.45) is 5.72. The van der Waals surface area contributed by atoms with Crippen LogP contribution >= 0.6 is 11.8 Å². The minimum Gasteiger partial charge on any atom is -0.363 e. The minimum atomic E-state index is -0.274. The molecule has 4 rings (SSSR count). The maximum atomic E-state index is 13.2. The van der Waals surface area contributed by atoms with Crippen LogP contribution in [0.25, 0.3) is 0 Å². The van der Waals surface area contributed by atoms with Crippen molar-refractivity contribution in [1.29, 1.82) is 0 Å². The number of likely N-dealkylation sites (N-methyl/N-ethyl adjacent to an activating group) is 1. The first-order valence-corrected chi connectivity index (χ1v) is 10.1. The number of morpholine rings is 1. The molecule has 2 bridgehead atoms. The molecule has 1 spiro atoms. The summed E-state index contributed by atoms with van der Waals surface area (Å²) in [7, 11) is 1.85. The lowest BCUT2D eigenvalue weighted by Gasteiger charge is -2.49. The van der Waals surface area contributed by atoms with Crippen molar-refractivity contribution >= 4 is 23.6 Å². The third kappa shape index (κ3) is 2.85. The zero-order valence-electron chi connectivity index (χ0n) is 14.7. The van der Waals surface area contributed by atoms with Gasteiger partial charge in [0.05, 0.1) is 11.2 Å². The highest BCUT2D eigenvalue weighted by Gasteiger charge is 2.53. The maximum absolute atomic E-state index is 13.2. The van der Waals surface area contributed by atoms with E-state index in [1.165, 1.54) is 0 Å². The van der Waals surface area contributed by atoms with Crippen molar-refractivity contribution in [2.24, 2.45) is 0 Å². The number of piperidine rings is 1. The Morgan fingerprint density at radius 1 is 1.24 bits per heavy atom. The van der Waals surface area contributed by atoms with Gasteiger partial charge in [-0.2, -0.15) is 0 Å². The molecule has 0 N–H and O–H groups in total. The summed E-state index contributed by atoms with van der Waals surface area (Å²) in [6.45, 7) is 0.807. The fraction of sp³-hybridized carbons (Fsp3) is 0.579. The first kappa shape index (κ1) is 16.9. The van der Waals surface area contributed by atoms with Crippen LogP contribution in [0.2, 0.25) is 0 Å². The average molecular weight is 360 g/mol. The van der Waals surface area contributed by atoms with Gasteiger partial charge in [-0.15, -0.1) is 11.8 Å². The van der Waals surface area contributed by atoms with Crippen LogP contribution in [0.15, 0.2) is 29.2 Å². The molecule has 5 nitrogen and oxygen atoms in total. The van der Waals surface area contributed by atoms with Gasteiger partial charge in [-0.3, -0.25) is 9.59 Å². The fourth-order valence-corrected chi connectivity index (χ4v) is 5.32. The SMILES string of the molecule is CSc1ccccc1C(=O)N1C2CCC1CC1(C2)CN(C)C(=O)CO1. The summed E-state index contributed by atoms with van der Waals surface area (Å²) < 4.78 is 6.02. The highest BCUT2D eigenvalue weighted by atomic mass is 32.2. The number of nitrogens with zero attached hydrogens (tertiary/aromatic N) is 2. The van der Waals surface area contributed by atoms with Crippen LogP contribution in [0.3, 0.4) is 0 Å². The molecule has 3 heterocycles. The van der Waals surface area contributed by atoms with Gasteiger partial charge in [0.1, 0.15) is 6.61 Å². The lowest BCUT2D eigenvalue weighted by Crippen LogP contribution is -2.61. The number of fused-ring (bicyclic) bond motifs is 2. The van der Waals surface area contributed by atoms with Gasteiger partial charge >= 0.3 is 0 Å². The topological polar surface area (TPSA) is 49.9 Å². The summed E-state index contributed by atoms with van der Waals surface area (Å²) in [5.74, 6) is 0.193. The number of benzene rings is 1. The van der Waals surface area contributed by atoms with Gasteiger partial charge in [-0.25, -0.2) is 0 Å². The van der Waals surface area contributed by atoms with E-state index in [0.29, 0.717) is 6.54 Å². The van der Waals surface area contributed by atoms with Gasteiger partial charge in [-0.1, -0.05) is 12.1 Å². The van der Waals surface area contributed by atoms with E-state index in [1.54, 1.807) is 16.7 Å². The van der Waals surface area contributed by atoms with Gasteiger partial charge < -0.3 is 14.5 Å². The molecule has 1 aromatic rings. The quantitative estimate of drug-likeness (QED) is 0.760. The lowest BCUT2D eigenvalue weighted by atomic mass is 9.84. The standard InChI is InChI=1S/C19H24N2O3S/c1-20-12-19(24-11-17(20)22)9-13-7-8-14(10-19)21(13)18(23)15-5-3-4-6-16(15)25-2/h3-6,13-14H,7-12H2,1-2H3. The molecule has 1 aromatic carbocycles. The molecule has 3 fully saturated rings. The Morgan fingerprint density at radius 2 is 1.92 bits per heavy atom. The number of hydrogen-bond donors (Lipinski definition) is 0. The average Bonchev–Trinajstić information content (AvgIpc) is 2.90. The summed E-state index contributed by atoms with van der Waals surface area (Å²) in [6, 6.07) is 8.28. The van der Waals surface area contributed by atoms with Crippen molar-refractivity contribution in [1.82, 2.24) is 9.80 Å². The van der Waals surface area contributed by atoms with E-state index < -0.39 is 0 Å². The molecule has 2 amide bonds. The number of carbonyl (C=O) groups excluding carboxylic acids is 2. The van der Waals surface area contributed by atoms with E-state index in [4.69, 9.17) is 4.74 Å². The minimum absolute atomic E-state index is 0.0466. The van der Waals surface area contributed by atoms with Crippen molar-refractivity contribution in [3.8, 4) is 0 Å². The predicted octanol–water partition coefficient (Wildman–Crippen LogP) is 2.40. The van der Waals surface area contributed by atoms with E-state index >= 15 is 0 Å². The first-order valence-electron chi connectivity index (χ1n) is 8.87. The van der Waals surface area contributed by atoms with E-state index in [1.807, 2.05) is 37.6 Å². The van der Waals surface area contributed by atoms with E-state index in [9.17, 15) is 9.59 Å². The number of carbonyl (C=O) groups is 2. The molecule has 6 heteroatoms. The summed E-state index contributed by atoms with van der Waals surface area (Å²) in [4.78, 5) is 29.9. The highest BCUT2D eigenvalue weighted by molar-refractivity contribution is 7.98. The van der Waals surface area contributed by atoms with Gasteiger partial charge in [0.15, 0.2) is 0 Å². The molecule has 3 aliphatic heterocycles. The second-order valence-electron chi connectivity index (χ2n) is 7.43. The summed E-state index contributed by atoms with van der Waals surface area (Å²) >= 11 is 1.62. The van der Waals surface area contributed by atoms with Crippen molar-refractivity contribution in [2.45, 2.75) is 48.3 Å². The van der Waals surface area contributed by atoms with Crippen LogP contribution in [-0.4, -0.2) is 65.8 Å². The number of amides is 2. The molecular weight excluding hydrogens is 336 g/mol. The molecular formula is C19H24N2O3S. The van der Waals surface area contributed by atoms with Crippen molar-refractivity contribution < 1.29 is 14.3 Å². The lowest BCUT2D eigenvalue weighted by molar-refractivity contribution is -0.172. The van der Waals surface area contributed by atoms with Gasteiger partial charge in [0.25, 0.3) is 5.91 Å². The number of hydrogen-bond acceptors (Lipinski definition) is 4. The smallest absolute Gasteiger partial charge is 0.255 e. The molecule has 0 radical (unpaired) electrons. The van der Waals surface area contributed by atoms with E-state index in [2.05, 4.69) is 4.90 Å². The molecule has 0 aliphatic carbocycles. The fourth-order valence-electron chi connectivity index (χ4n) is 4.73. The largest absolute Gasteiger partial charge is 0.363 e. The van der Waals surface area contributed by atoms with Crippen LogP contribution in [0.4, 0.5) is 0 Å². The Hall–Kier alpha value is -1.53. The molecule has 2 atom stereocenters. The number of ether oxygens (including phenoxy) is 1. The van der Waals surface area contributed by atoms with E-state index in [0.717, 1.165) is 36.1 Å². The third-order valence-electron chi connectivity index (χ3n) is 5.86. The molecule has 134 valence electrons. The van der Waals surface area contributed by atoms with E-state index in [-0.39, 0.29) is 36.1 Å². The van der Waals surface area contributed by atoms with Crippen LogP contribution in [0.5, 0.6) is 0 Å². The number of thioether (sulfide) groups is 1. The van der Waals surface area contributed by atoms with Crippen LogP contribution in [-0.2, 0) is 9.53 Å². The normalized spacial score (nSPS) is 31.7. The molecule has 3 aliphatic rings. The molecule has 0 saturated carbocycles. The molecule has 2 unspecified atom stereocenters. The van der Waals surface area contributed by atoms with Gasteiger partial charge in [0.2, 0.25) is 5.91 Å². The highest BCUT2D eigenvalue weighted by Crippen LogP contribution is 2.45. The zero-order chi connectivity index (χ0) is 17.6. The molecule has 25 heavy (non-hydrogen) atoms. The van der Waals surface area contributed by atoms with Crippen LogP contribution in [0.1, 0.15) is 36.0 Å². The van der Waals surface area contributed by atoms with Crippen LogP contribution in [0, 0.1) is 0 Å². The number of rotatable bonds is 2. The third-order valence-corrected chi connectivity index (χ3v) is 6.66. The van der Waals surface area contributed by atoms with Gasteiger partial charge in [0, 0.05) is 30.6 Å². The molecule has 3 saturated heterocycles. The second-order valence-corrected chi connectivity index (χ2v) is 8.28. The predicted molar refractivity (Wildman–Crippen MR) is 96.8 cm³/mol. The van der Waals surface area contributed by atoms with Crippen molar-refractivity contribution in [3.63, 3.8) is 0 Å². The summed E-state index contributed by atoms with van der Waals surface area (Å²) in [5.41, 5.74) is 0.532. The molecule has 0 aromatic heterocycles. The Labute approximate surface area is 152 Å². The Morgan fingerprint density at radius 3 is 2.56 bits per heavy atom. The first-order chi connectivity index (χ1) is 12.0. The Kier molecular flexibility index (Phi) is 4.28. The monoisotopic (exact) mass is 360 g/mol. The Balaban J connectivity index is 1.57. The zero-order valence-corrected chi connectivity index (χ0v) is 15.6. The maximum Gasteiger partial charge on any atom is 0.255 e. The Bertz CT molecular complexity index is 694. The van der Waals surface area contributed by atoms with Crippen LogP contribution < -0.4 is 0 Å². The summed E-state index contributed by atoms with van der Waals surface area (Å²) in [5, 5.41) is 0. The van der Waals surface area contributed by atoms with Crippen molar-refractivity contribution in [3.05, 3.63) is 29.8 Å². The van der Waals surface area contributed by atoms with Gasteiger partial charge in [-0.05, 0) is 44.1 Å². The van der Waals surface area contributed by atoms with Crippen molar-refractivity contribution in [2.75, 3.05) is 26.5 Å². The second kappa shape index (κ2) is 6.32.